The number of carbonyl (C=O) groups excluding carboxylic acids is 2. The molecule has 1 aliphatic carbocycles. The zero-order chi connectivity index (χ0) is 23.7. The number of hydrogen-bond acceptors (Lipinski definition) is 4. The average molecular weight is 516 g/mol. The number of unbranched alkanes of at least 4 members (excludes halogenated alkanes) is 2. The summed E-state index contributed by atoms with van der Waals surface area (Å²) in [7, 11) is 2.10. The average Bonchev–Trinajstić information content (AvgIpc) is 3.10. The largest absolute Gasteiger partial charge is 0.449 e. The third kappa shape index (κ3) is 4.26. The first-order valence-electron chi connectivity index (χ1n) is 12.1. The Kier molecular flexibility index (Phi) is 7.29. The molecule has 0 saturated carbocycles. The quantitative estimate of drug-likeness (QED) is 0.468. The molecule has 0 bridgehead atoms. The van der Waals surface area contributed by atoms with Crippen molar-refractivity contribution < 1.29 is 14.3 Å². The Morgan fingerprint density at radius 1 is 1.18 bits per heavy atom. The highest BCUT2D eigenvalue weighted by molar-refractivity contribution is 9.10. The molecular weight excluding hydrogens is 482 g/mol. The third-order valence-electron chi connectivity index (χ3n) is 7.04. The van der Waals surface area contributed by atoms with Crippen molar-refractivity contribution in [2.24, 2.45) is 5.92 Å². The van der Waals surface area contributed by atoms with Crippen molar-refractivity contribution >= 4 is 44.4 Å². The SMILES string of the molecule is CCCCCOC(=O)n1c(Br)c2c3c(cccc31)C1=C[C@@H](C(=O)N(CC)CC)CN(C)[C@@H]1C2. The van der Waals surface area contributed by atoms with Gasteiger partial charge in [-0.3, -0.25) is 9.69 Å². The minimum atomic E-state index is -0.340. The Balaban J connectivity index is 1.75. The lowest BCUT2D eigenvalue weighted by atomic mass is 9.79. The number of carbonyl (C=O) groups is 2. The van der Waals surface area contributed by atoms with E-state index in [0.717, 1.165) is 65.4 Å². The minimum Gasteiger partial charge on any atom is -0.449 e. The summed E-state index contributed by atoms with van der Waals surface area (Å²) in [5.74, 6) is 0.0252. The molecule has 1 aliphatic heterocycles. The Hall–Kier alpha value is -2.12. The van der Waals surface area contributed by atoms with E-state index in [9.17, 15) is 9.59 Å². The minimum absolute atomic E-state index is 0.160. The maximum absolute atomic E-state index is 13.1. The van der Waals surface area contributed by atoms with Crippen LogP contribution in [0.15, 0.2) is 28.9 Å². The van der Waals surface area contributed by atoms with Crippen molar-refractivity contribution in [3.63, 3.8) is 0 Å². The molecule has 0 unspecified atom stereocenters. The van der Waals surface area contributed by atoms with Crippen molar-refractivity contribution in [1.29, 1.82) is 0 Å². The van der Waals surface area contributed by atoms with E-state index in [2.05, 4.69) is 46.9 Å². The second-order valence-electron chi connectivity index (χ2n) is 9.02. The zero-order valence-electron chi connectivity index (χ0n) is 20.1. The molecule has 2 aromatic rings. The monoisotopic (exact) mass is 515 g/mol. The van der Waals surface area contributed by atoms with E-state index in [1.54, 1.807) is 4.57 Å². The number of ether oxygens (including phenoxy) is 1. The van der Waals surface area contributed by atoms with Crippen molar-refractivity contribution in [2.75, 3.05) is 33.3 Å². The van der Waals surface area contributed by atoms with E-state index in [0.29, 0.717) is 13.2 Å². The molecule has 33 heavy (non-hydrogen) atoms. The second kappa shape index (κ2) is 10.0. The normalized spacial score (nSPS) is 19.8. The molecule has 1 amide bonds. The Morgan fingerprint density at radius 3 is 2.64 bits per heavy atom. The van der Waals surface area contributed by atoms with Crippen LogP contribution in [-0.4, -0.2) is 65.7 Å². The van der Waals surface area contributed by atoms with Gasteiger partial charge in [-0.25, -0.2) is 9.36 Å². The number of aromatic nitrogens is 1. The van der Waals surface area contributed by atoms with Gasteiger partial charge in [0, 0.05) is 31.1 Å². The lowest BCUT2D eigenvalue weighted by Crippen LogP contribution is -2.47. The standard InChI is InChI=1S/C26H34BrN3O3/c1-5-8-9-13-33-26(32)30-21-12-10-11-18-19-14-17(25(31)29(6-2)7-3)16-28(4)22(19)15-20(23(18)21)24(30)27/h10-12,14,17,22H,5-9,13,15-16H2,1-4H3/t17-,22-/m1/s1. The number of nitrogens with zero attached hydrogens (tertiary/aromatic N) is 3. The van der Waals surface area contributed by atoms with Gasteiger partial charge in [0.1, 0.15) is 0 Å². The first-order valence-corrected chi connectivity index (χ1v) is 12.9. The number of fused-ring (bicyclic) bond motifs is 2. The Bertz CT molecular complexity index is 1090. The number of amides is 1. The van der Waals surface area contributed by atoms with Crippen LogP contribution in [-0.2, 0) is 16.0 Å². The molecular formula is C26H34BrN3O3. The molecule has 0 spiro atoms. The number of likely N-dealkylation sites (N-methyl/N-ethyl adjacent to an activating group) is 1. The van der Waals surface area contributed by atoms with Crippen LogP contribution in [0.2, 0.25) is 0 Å². The van der Waals surface area contributed by atoms with Gasteiger partial charge in [-0.1, -0.05) is 38.0 Å². The van der Waals surface area contributed by atoms with E-state index in [-0.39, 0.29) is 24.0 Å². The van der Waals surface area contributed by atoms with Crippen molar-refractivity contribution in [3.8, 4) is 0 Å². The predicted octanol–water partition coefficient (Wildman–Crippen LogP) is 5.32. The lowest BCUT2D eigenvalue weighted by molar-refractivity contribution is -0.134. The summed E-state index contributed by atoms with van der Waals surface area (Å²) in [4.78, 5) is 30.3. The summed E-state index contributed by atoms with van der Waals surface area (Å²) in [5.41, 5.74) is 4.29. The molecule has 2 atom stereocenters. The molecule has 2 heterocycles. The van der Waals surface area contributed by atoms with Gasteiger partial charge in [-0.2, -0.15) is 0 Å². The van der Waals surface area contributed by atoms with E-state index in [1.807, 2.05) is 30.9 Å². The number of rotatable bonds is 7. The van der Waals surface area contributed by atoms with Gasteiger partial charge in [0.05, 0.1) is 22.6 Å². The van der Waals surface area contributed by atoms with Crippen LogP contribution in [0, 0.1) is 5.92 Å². The molecule has 1 aromatic carbocycles. The van der Waals surface area contributed by atoms with Crippen LogP contribution in [0.1, 0.15) is 51.2 Å². The Labute approximate surface area is 204 Å². The molecule has 6 nitrogen and oxygen atoms in total. The number of benzene rings is 1. The highest BCUT2D eigenvalue weighted by Crippen LogP contribution is 2.45. The van der Waals surface area contributed by atoms with Gasteiger partial charge in [0.25, 0.3) is 0 Å². The third-order valence-corrected chi connectivity index (χ3v) is 7.88. The van der Waals surface area contributed by atoms with Crippen LogP contribution in [0.3, 0.4) is 0 Å². The maximum atomic E-state index is 13.1. The van der Waals surface area contributed by atoms with Crippen LogP contribution < -0.4 is 0 Å². The molecule has 2 aliphatic rings. The molecule has 7 heteroatoms. The van der Waals surface area contributed by atoms with Gasteiger partial charge in [-0.05, 0) is 72.4 Å². The molecule has 4 rings (SSSR count). The molecule has 0 saturated heterocycles. The van der Waals surface area contributed by atoms with E-state index in [4.69, 9.17) is 4.74 Å². The lowest BCUT2D eigenvalue weighted by Gasteiger charge is -2.40. The van der Waals surface area contributed by atoms with Gasteiger partial charge in [-0.15, -0.1) is 0 Å². The molecule has 178 valence electrons. The Morgan fingerprint density at radius 2 is 1.94 bits per heavy atom. The molecule has 1 aromatic heterocycles. The summed E-state index contributed by atoms with van der Waals surface area (Å²) in [6.07, 6.45) is 5.64. The first-order chi connectivity index (χ1) is 15.9. The van der Waals surface area contributed by atoms with Crippen LogP contribution in [0.25, 0.3) is 16.5 Å². The summed E-state index contributed by atoms with van der Waals surface area (Å²) < 4.78 is 8.04. The van der Waals surface area contributed by atoms with Crippen molar-refractivity contribution in [3.05, 3.63) is 40.0 Å². The summed E-state index contributed by atoms with van der Waals surface area (Å²) >= 11 is 3.72. The van der Waals surface area contributed by atoms with Crippen LogP contribution in [0.5, 0.6) is 0 Å². The highest BCUT2D eigenvalue weighted by atomic mass is 79.9. The second-order valence-corrected chi connectivity index (χ2v) is 9.78. The van der Waals surface area contributed by atoms with Crippen LogP contribution in [0.4, 0.5) is 4.79 Å². The van der Waals surface area contributed by atoms with Crippen LogP contribution >= 0.6 is 15.9 Å². The van der Waals surface area contributed by atoms with Crippen molar-refractivity contribution in [2.45, 2.75) is 52.5 Å². The molecule has 0 radical (unpaired) electrons. The summed E-state index contributed by atoms with van der Waals surface area (Å²) in [6.45, 7) is 8.76. The summed E-state index contributed by atoms with van der Waals surface area (Å²) in [5, 5.41) is 1.08. The van der Waals surface area contributed by atoms with Gasteiger partial charge in [0.2, 0.25) is 5.91 Å². The van der Waals surface area contributed by atoms with Crippen molar-refractivity contribution in [1.82, 2.24) is 14.4 Å². The summed E-state index contributed by atoms with van der Waals surface area (Å²) in [6, 6.07) is 6.27. The number of hydrogen-bond donors (Lipinski definition) is 0. The van der Waals surface area contributed by atoms with E-state index in [1.165, 1.54) is 5.57 Å². The molecule has 0 N–H and O–H groups in total. The maximum Gasteiger partial charge on any atom is 0.419 e. The highest BCUT2D eigenvalue weighted by Gasteiger charge is 2.38. The fourth-order valence-electron chi connectivity index (χ4n) is 5.27. The number of halogens is 1. The van der Waals surface area contributed by atoms with Gasteiger partial charge >= 0.3 is 6.09 Å². The topological polar surface area (TPSA) is 54.8 Å². The van der Waals surface area contributed by atoms with E-state index < -0.39 is 0 Å². The predicted molar refractivity (Wildman–Crippen MR) is 135 cm³/mol. The van der Waals surface area contributed by atoms with E-state index >= 15 is 0 Å². The smallest absolute Gasteiger partial charge is 0.419 e. The van der Waals surface area contributed by atoms with Gasteiger partial charge < -0.3 is 9.64 Å². The first kappa shape index (κ1) is 24.0. The molecule has 0 fully saturated rings. The zero-order valence-corrected chi connectivity index (χ0v) is 21.7. The fourth-order valence-corrected chi connectivity index (χ4v) is 5.97. The fraction of sp³-hybridized carbons (Fsp3) is 0.538. The van der Waals surface area contributed by atoms with Gasteiger partial charge in [0.15, 0.2) is 0 Å².